The molecule has 0 aliphatic carbocycles. The maximum atomic E-state index is 12.3. The molecule has 0 aromatic heterocycles. The molecule has 0 saturated carbocycles. The number of hydrogen-bond acceptors (Lipinski definition) is 3. The summed E-state index contributed by atoms with van der Waals surface area (Å²) >= 11 is 0. The molecule has 1 saturated heterocycles. The minimum Gasteiger partial charge on any atom is -0.480 e. The summed E-state index contributed by atoms with van der Waals surface area (Å²) in [5, 5.41) is 9.27. The smallest absolute Gasteiger partial charge is 0.326 e. The molecule has 2 rings (SSSR count). The van der Waals surface area contributed by atoms with Gasteiger partial charge in [-0.05, 0) is 36.6 Å². The van der Waals surface area contributed by atoms with E-state index in [1.807, 2.05) is 12.1 Å². The van der Waals surface area contributed by atoms with E-state index in [0.717, 1.165) is 24.8 Å². The Morgan fingerprint density at radius 3 is 2.81 bits per heavy atom. The number of aliphatic carboxylic acids is 1. The second-order valence-electron chi connectivity index (χ2n) is 5.24. The van der Waals surface area contributed by atoms with E-state index in [1.165, 1.54) is 11.0 Å². The number of amides is 1. The zero-order valence-corrected chi connectivity index (χ0v) is 11.9. The molecular formula is C16H20N2O3. The van der Waals surface area contributed by atoms with Crippen LogP contribution in [0.2, 0.25) is 0 Å². The molecule has 112 valence electrons. The van der Waals surface area contributed by atoms with Crippen molar-refractivity contribution in [2.24, 2.45) is 0 Å². The van der Waals surface area contributed by atoms with Crippen molar-refractivity contribution in [3.8, 4) is 0 Å². The lowest BCUT2D eigenvalue weighted by Crippen LogP contribution is -2.43. The van der Waals surface area contributed by atoms with Gasteiger partial charge in [0.1, 0.15) is 6.04 Å². The molecular weight excluding hydrogens is 268 g/mol. The van der Waals surface area contributed by atoms with Crippen LogP contribution >= 0.6 is 0 Å². The fourth-order valence-corrected chi connectivity index (χ4v) is 2.55. The number of nitrogens with zero attached hydrogens (tertiary/aromatic N) is 1. The lowest BCUT2D eigenvalue weighted by Gasteiger charge is -2.25. The number of nitrogens with two attached hydrogens (primary N) is 1. The fourth-order valence-electron chi connectivity index (χ4n) is 2.55. The predicted octanol–water partition coefficient (Wildman–Crippen LogP) is 2.14. The fraction of sp³-hybridized carbons (Fsp3) is 0.375. The first-order chi connectivity index (χ1) is 10.1. The Bertz CT molecular complexity index is 554. The van der Waals surface area contributed by atoms with Crippen LogP contribution in [-0.2, 0) is 9.59 Å². The van der Waals surface area contributed by atoms with Gasteiger partial charge in [-0.15, -0.1) is 0 Å². The molecule has 1 fully saturated rings. The number of benzene rings is 1. The second-order valence-corrected chi connectivity index (χ2v) is 5.24. The van der Waals surface area contributed by atoms with E-state index in [0.29, 0.717) is 18.7 Å². The average Bonchev–Trinajstić information content (AvgIpc) is 2.70. The Balaban J connectivity index is 2.11. The largest absolute Gasteiger partial charge is 0.480 e. The van der Waals surface area contributed by atoms with Gasteiger partial charge in [-0.3, -0.25) is 4.79 Å². The highest BCUT2D eigenvalue weighted by molar-refractivity contribution is 5.94. The van der Waals surface area contributed by atoms with Crippen molar-refractivity contribution < 1.29 is 14.7 Å². The average molecular weight is 288 g/mol. The molecule has 21 heavy (non-hydrogen) atoms. The van der Waals surface area contributed by atoms with E-state index in [4.69, 9.17) is 5.73 Å². The monoisotopic (exact) mass is 288 g/mol. The minimum atomic E-state index is -0.928. The first-order valence-corrected chi connectivity index (χ1v) is 7.15. The first-order valence-electron chi connectivity index (χ1n) is 7.15. The topological polar surface area (TPSA) is 83.6 Å². The molecule has 0 spiro atoms. The maximum Gasteiger partial charge on any atom is 0.326 e. The van der Waals surface area contributed by atoms with Crippen molar-refractivity contribution in [3.05, 3.63) is 35.9 Å². The number of carboxylic acid groups (broad SMARTS) is 1. The van der Waals surface area contributed by atoms with Crippen molar-refractivity contribution in [2.45, 2.75) is 31.7 Å². The second kappa shape index (κ2) is 6.92. The number of carboxylic acids is 1. The SMILES string of the molecule is Nc1cccc(/C=C/C(=O)N2CCCCCC2C(=O)O)c1. The summed E-state index contributed by atoms with van der Waals surface area (Å²) in [7, 11) is 0. The summed E-state index contributed by atoms with van der Waals surface area (Å²) in [4.78, 5) is 25.0. The Morgan fingerprint density at radius 1 is 1.29 bits per heavy atom. The molecule has 1 aromatic carbocycles. The van der Waals surface area contributed by atoms with Gasteiger partial charge in [0.05, 0.1) is 0 Å². The van der Waals surface area contributed by atoms with E-state index in [1.54, 1.807) is 18.2 Å². The molecule has 1 heterocycles. The lowest BCUT2D eigenvalue weighted by molar-refractivity contribution is -0.148. The highest BCUT2D eigenvalue weighted by Gasteiger charge is 2.29. The Labute approximate surface area is 124 Å². The van der Waals surface area contributed by atoms with Gasteiger partial charge in [-0.25, -0.2) is 4.79 Å². The van der Waals surface area contributed by atoms with Crippen LogP contribution in [-0.4, -0.2) is 34.5 Å². The van der Waals surface area contributed by atoms with Gasteiger partial charge in [-0.2, -0.15) is 0 Å². The van der Waals surface area contributed by atoms with Crippen LogP contribution in [0.25, 0.3) is 6.08 Å². The molecule has 1 aliphatic rings. The van der Waals surface area contributed by atoms with Crippen LogP contribution in [0.1, 0.15) is 31.2 Å². The molecule has 1 aromatic rings. The van der Waals surface area contributed by atoms with Crippen molar-refractivity contribution in [3.63, 3.8) is 0 Å². The lowest BCUT2D eigenvalue weighted by atomic mass is 10.1. The summed E-state index contributed by atoms with van der Waals surface area (Å²) < 4.78 is 0. The number of nitrogen functional groups attached to an aromatic ring is 1. The van der Waals surface area contributed by atoms with E-state index in [2.05, 4.69) is 0 Å². The van der Waals surface area contributed by atoms with Crippen LogP contribution in [0.4, 0.5) is 5.69 Å². The van der Waals surface area contributed by atoms with Crippen LogP contribution in [0.5, 0.6) is 0 Å². The predicted molar refractivity (Wildman–Crippen MR) is 81.5 cm³/mol. The number of carbonyl (C=O) groups is 2. The zero-order chi connectivity index (χ0) is 15.2. The van der Waals surface area contributed by atoms with E-state index in [-0.39, 0.29) is 5.91 Å². The third-order valence-corrected chi connectivity index (χ3v) is 3.65. The van der Waals surface area contributed by atoms with Crippen LogP contribution in [0.15, 0.2) is 30.3 Å². The summed E-state index contributed by atoms with van der Waals surface area (Å²) in [5.41, 5.74) is 7.13. The minimum absolute atomic E-state index is 0.258. The third-order valence-electron chi connectivity index (χ3n) is 3.65. The van der Waals surface area contributed by atoms with Crippen LogP contribution in [0.3, 0.4) is 0 Å². The summed E-state index contributed by atoms with van der Waals surface area (Å²) in [6, 6.07) is 6.48. The quantitative estimate of drug-likeness (QED) is 0.659. The molecule has 5 nitrogen and oxygen atoms in total. The summed E-state index contributed by atoms with van der Waals surface area (Å²) in [5.74, 6) is -1.19. The van der Waals surface area contributed by atoms with Crippen molar-refractivity contribution in [1.82, 2.24) is 4.90 Å². The number of carbonyl (C=O) groups excluding carboxylic acids is 1. The van der Waals surface area contributed by atoms with Gasteiger partial charge < -0.3 is 15.7 Å². The number of rotatable bonds is 3. The standard InChI is InChI=1S/C16H20N2O3/c17-13-6-4-5-12(11-13)8-9-15(19)18-10-3-1-2-7-14(18)16(20)21/h4-6,8-9,11,14H,1-3,7,10,17H2,(H,20,21)/b9-8+. The molecule has 0 radical (unpaired) electrons. The molecule has 5 heteroatoms. The number of anilines is 1. The summed E-state index contributed by atoms with van der Waals surface area (Å²) in [6.07, 6.45) is 6.28. The molecule has 1 atom stereocenters. The molecule has 3 N–H and O–H groups in total. The first kappa shape index (κ1) is 15.1. The van der Waals surface area contributed by atoms with Crippen molar-refractivity contribution in [2.75, 3.05) is 12.3 Å². The highest BCUT2D eigenvalue weighted by atomic mass is 16.4. The van der Waals surface area contributed by atoms with Crippen LogP contribution in [0, 0.1) is 0 Å². The number of likely N-dealkylation sites (tertiary alicyclic amines) is 1. The van der Waals surface area contributed by atoms with E-state index < -0.39 is 12.0 Å². The molecule has 0 bridgehead atoms. The Kier molecular flexibility index (Phi) is 4.98. The van der Waals surface area contributed by atoms with E-state index >= 15 is 0 Å². The highest BCUT2D eigenvalue weighted by Crippen LogP contribution is 2.18. The van der Waals surface area contributed by atoms with Gasteiger partial charge >= 0.3 is 5.97 Å². The van der Waals surface area contributed by atoms with Crippen LogP contribution < -0.4 is 5.73 Å². The molecule has 1 unspecified atom stereocenters. The van der Waals surface area contributed by atoms with Gasteiger partial charge in [0.15, 0.2) is 0 Å². The Morgan fingerprint density at radius 2 is 2.10 bits per heavy atom. The van der Waals surface area contributed by atoms with Gasteiger partial charge in [0, 0.05) is 18.3 Å². The van der Waals surface area contributed by atoms with E-state index in [9.17, 15) is 14.7 Å². The van der Waals surface area contributed by atoms with Gasteiger partial charge in [-0.1, -0.05) is 25.0 Å². The van der Waals surface area contributed by atoms with Gasteiger partial charge in [0.2, 0.25) is 5.91 Å². The zero-order valence-electron chi connectivity index (χ0n) is 11.9. The Hall–Kier alpha value is -2.30. The summed E-state index contributed by atoms with van der Waals surface area (Å²) in [6.45, 7) is 0.497. The van der Waals surface area contributed by atoms with Crippen molar-refractivity contribution in [1.29, 1.82) is 0 Å². The number of hydrogen-bond donors (Lipinski definition) is 2. The van der Waals surface area contributed by atoms with Gasteiger partial charge in [0.25, 0.3) is 0 Å². The normalized spacial score (nSPS) is 19.4. The maximum absolute atomic E-state index is 12.3. The molecule has 1 amide bonds. The third kappa shape index (κ3) is 4.08. The molecule has 1 aliphatic heterocycles. The van der Waals surface area contributed by atoms with Crippen molar-refractivity contribution >= 4 is 23.6 Å².